The van der Waals surface area contributed by atoms with E-state index in [9.17, 15) is 0 Å². The number of aromatic nitrogens is 2. The minimum absolute atomic E-state index is 0.392. The Morgan fingerprint density at radius 2 is 2.12 bits per heavy atom. The van der Waals surface area contributed by atoms with E-state index in [-0.39, 0.29) is 0 Å². The minimum atomic E-state index is 0.392. The number of allylic oxidation sites excluding steroid dienone is 1. The van der Waals surface area contributed by atoms with Gasteiger partial charge in [0.1, 0.15) is 11.3 Å². The second kappa shape index (κ2) is 4.10. The van der Waals surface area contributed by atoms with Gasteiger partial charge < -0.3 is 4.42 Å². The molecule has 2 aromatic rings. The first kappa shape index (κ1) is 10.9. The fraction of sp³-hybridized carbons (Fsp3) is 0.167. The highest BCUT2D eigenvalue weighted by atomic mass is 35.5. The third-order valence-corrected chi connectivity index (χ3v) is 2.59. The summed E-state index contributed by atoms with van der Waals surface area (Å²) in [5.74, 6) is 0.703. The summed E-state index contributed by atoms with van der Waals surface area (Å²) >= 11 is 5.94. The molecule has 2 heterocycles. The second-order valence-corrected chi connectivity index (χ2v) is 3.70. The van der Waals surface area contributed by atoms with Crippen molar-refractivity contribution in [3.05, 3.63) is 34.8 Å². The Morgan fingerprint density at radius 3 is 2.75 bits per heavy atom. The topological polar surface area (TPSA) is 38.9 Å². The second-order valence-electron chi connectivity index (χ2n) is 3.34. The first-order chi connectivity index (χ1) is 7.67. The average molecular weight is 235 g/mol. The highest BCUT2D eigenvalue weighted by Gasteiger charge is 2.14. The van der Waals surface area contributed by atoms with E-state index in [0.29, 0.717) is 27.8 Å². The summed E-state index contributed by atoms with van der Waals surface area (Å²) in [4.78, 5) is 8.50. The van der Waals surface area contributed by atoms with Crippen molar-refractivity contribution in [3.63, 3.8) is 0 Å². The number of aryl methyl sites for hydroxylation is 1. The molecule has 0 aliphatic heterocycles. The molecule has 0 aliphatic carbocycles. The van der Waals surface area contributed by atoms with E-state index >= 15 is 0 Å². The summed E-state index contributed by atoms with van der Waals surface area (Å²) < 4.78 is 5.58. The maximum atomic E-state index is 5.94. The number of hydrogen-bond donors (Lipinski definition) is 0. The van der Waals surface area contributed by atoms with E-state index in [2.05, 4.69) is 16.5 Å². The summed E-state index contributed by atoms with van der Waals surface area (Å²) in [5.41, 5.74) is 2.62. The van der Waals surface area contributed by atoms with Crippen molar-refractivity contribution < 1.29 is 4.42 Å². The number of halogens is 1. The van der Waals surface area contributed by atoms with Gasteiger partial charge in [0, 0.05) is 5.56 Å². The Balaban J connectivity index is 2.82. The number of fused-ring (bicyclic) bond motifs is 1. The average Bonchev–Trinajstić information content (AvgIpc) is 2.56. The summed E-state index contributed by atoms with van der Waals surface area (Å²) in [7, 11) is 0. The van der Waals surface area contributed by atoms with Crippen LogP contribution < -0.4 is 0 Å². The largest absolute Gasteiger partial charge is 0.436 e. The van der Waals surface area contributed by atoms with Gasteiger partial charge in [0.2, 0.25) is 5.71 Å². The van der Waals surface area contributed by atoms with Gasteiger partial charge in [0.15, 0.2) is 5.15 Å². The van der Waals surface area contributed by atoms with Crippen LogP contribution in [0.3, 0.4) is 0 Å². The van der Waals surface area contributed by atoms with Crippen LogP contribution in [0, 0.1) is 6.92 Å². The van der Waals surface area contributed by atoms with Crippen LogP contribution in [0.5, 0.6) is 0 Å². The van der Waals surface area contributed by atoms with Gasteiger partial charge in [-0.05, 0) is 19.9 Å². The molecular weight excluding hydrogens is 224 g/mol. The van der Waals surface area contributed by atoms with Crippen molar-refractivity contribution in [2.75, 3.05) is 0 Å². The standard InChI is InChI=1S/C12H11ClN2O/c1-4-6-9-8(5-2)10-12(16-9)14-7(3)11(13)15-10/h4-6H,2H2,1,3H3/b6-4-. The molecule has 3 nitrogen and oxygen atoms in total. The lowest BCUT2D eigenvalue weighted by atomic mass is 10.2. The number of nitrogens with zero attached hydrogens (tertiary/aromatic N) is 2. The summed E-state index contributed by atoms with van der Waals surface area (Å²) in [6.45, 7) is 7.45. The van der Waals surface area contributed by atoms with Gasteiger partial charge in [-0.15, -0.1) is 0 Å². The van der Waals surface area contributed by atoms with Crippen LogP contribution in [0.15, 0.2) is 17.1 Å². The molecule has 0 saturated carbocycles. The Labute approximate surface area is 98.5 Å². The normalized spacial score (nSPS) is 11.4. The van der Waals surface area contributed by atoms with Crippen molar-refractivity contribution in [1.82, 2.24) is 9.97 Å². The Kier molecular flexibility index (Phi) is 2.79. The first-order valence-electron chi connectivity index (χ1n) is 4.89. The lowest BCUT2D eigenvalue weighted by molar-refractivity contribution is 0.589. The van der Waals surface area contributed by atoms with E-state index in [1.165, 1.54) is 0 Å². The van der Waals surface area contributed by atoms with Gasteiger partial charge in [-0.3, -0.25) is 0 Å². The number of rotatable bonds is 2. The summed E-state index contributed by atoms with van der Waals surface area (Å²) in [6.07, 6.45) is 5.43. The molecule has 0 spiro atoms. The van der Waals surface area contributed by atoms with Crippen LogP contribution in [-0.2, 0) is 0 Å². The Morgan fingerprint density at radius 1 is 1.38 bits per heavy atom. The van der Waals surface area contributed by atoms with Gasteiger partial charge in [-0.2, -0.15) is 0 Å². The van der Waals surface area contributed by atoms with Crippen molar-refractivity contribution in [2.24, 2.45) is 0 Å². The van der Waals surface area contributed by atoms with Gasteiger partial charge >= 0.3 is 0 Å². The molecule has 0 fully saturated rings. The van der Waals surface area contributed by atoms with Crippen molar-refractivity contribution in [1.29, 1.82) is 0 Å². The molecule has 0 saturated heterocycles. The van der Waals surface area contributed by atoms with Crippen LogP contribution in [0.4, 0.5) is 0 Å². The molecule has 0 amide bonds. The fourth-order valence-electron chi connectivity index (χ4n) is 1.47. The Hall–Kier alpha value is -1.61. The zero-order chi connectivity index (χ0) is 11.7. The summed E-state index contributed by atoms with van der Waals surface area (Å²) in [6, 6.07) is 0. The minimum Gasteiger partial charge on any atom is -0.436 e. The summed E-state index contributed by atoms with van der Waals surface area (Å²) in [5, 5.41) is 0.392. The molecule has 0 bridgehead atoms. The molecule has 4 heteroatoms. The smallest absolute Gasteiger partial charge is 0.246 e. The van der Waals surface area contributed by atoms with Crippen LogP contribution >= 0.6 is 11.6 Å². The zero-order valence-electron chi connectivity index (χ0n) is 9.12. The molecular formula is C12H11ClN2O. The molecule has 2 aromatic heterocycles. The molecule has 0 aromatic carbocycles. The molecule has 0 unspecified atom stereocenters. The van der Waals surface area contributed by atoms with Crippen LogP contribution in [0.25, 0.3) is 23.4 Å². The molecule has 0 aliphatic rings. The van der Waals surface area contributed by atoms with E-state index < -0.39 is 0 Å². The monoisotopic (exact) mass is 234 g/mol. The highest BCUT2D eigenvalue weighted by molar-refractivity contribution is 6.30. The maximum Gasteiger partial charge on any atom is 0.246 e. The van der Waals surface area contributed by atoms with E-state index in [0.717, 1.165) is 5.56 Å². The van der Waals surface area contributed by atoms with Crippen molar-refractivity contribution in [2.45, 2.75) is 13.8 Å². The van der Waals surface area contributed by atoms with Crippen LogP contribution in [-0.4, -0.2) is 9.97 Å². The molecule has 0 N–H and O–H groups in total. The third-order valence-electron chi connectivity index (χ3n) is 2.23. The van der Waals surface area contributed by atoms with Crippen LogP contribution in [0.1, 0.15) is 23.9 Å². The highest BCUT2D eigenvalue weighted by Crippen LogP contribution is 2.27. The predicted octanol–water partition coefficient (Wildman–Crippen LogP) is 3.86. The lowest BCUT2D eigenvalue weighted by Crippen LogP contribution is -1.87. The van der Waals surface area contributed by atoms with Gasteiger partial charge in [-0.25, -0.2) is 9.97 Å². The molecule has 82 valence electrons. The fourth-order valence-corrected chi connectivity index (χ4v) is 1.60. The van der Waals surface area contributed by atoms with Gasteiger partial charge in [0.25, 0.3) is 0 Å². The molecule has 0 radical (unpaired) electrons. The molecule has 0 atom stereocenters. The van der Waals surface area contributed by atoms with Crippen molar-refractivity contribution in [3.8, 4) is 0 Å². The first-order valence-corrected chi connectivity index (χ1v) is 5.27. The van der Waals surface area contributed by atoms with Gasteiger partial charge in [-0.1, -0.05) is 30.3 Å². The van der Waals surface area contributed by atoms with Crippen LogP contribution in [0.2, 0.25) is 5.15 Å². The van der Waals surface area contributed by atoms with E-state index in [1.807, 2.05) is 19.1 Å². The zero-order valence-corrected chi connectivity index (χ0v) is 9.88. The molecule has 16 heavy (non-hydrogen) atoms. The predicted molar refractivity (Wildman–Crippen MR) is 66.4 cm³/mol. The van der Waals surface area contributed by atoms with Gasteiger partial charge in [0.05, 0.1) is 5.69 Å². The number of hydrogen-bond acceptors (Lipinski definition) is 3. The number of furan rings is 1. The molecule has 2 rings (SSSR count). The maximum absolute atomic E-state index is 5.94. The van der Waals surface area contributed by atoms with Crippen molar-refractivity contribution >= 4 is 35.0 Å². The third kappa shape index (κ3) is 1.63. The lowest BCUT2D eigenvalue weighted by Gasteiger charge is -1.94. The SMILES string of the molecule is C=Cc1c(/C=C\C)oc2nc(C)c(Cl)nc12. The Bertz CT molecular complexity index is 584. The quantitative estimate of drug-likeness (QED) is 0.792. The van der Waals surface area contributed by atoms with E-state index in [4.69, 9.17) is 16.0 Å². The van der Waals surface area contributed by atoms with E-state index in [1.54, 1.807) is 13.0 Å².